The summed E-state index contributed by atoms with van der Waals surface area (Å²) in [4.78, 5) is 11.6. The molecule has 2 aromatic heterocycles. The molecule has 0 fully saturated rings. The Morgan fingerprint density at radius 1 is 1.05 bits per heavy atom. The standard InChI is InChI=1S/C15H13FN4O/c16-9-11-19-15(21)7-6-13(18-19)14-8-10-17-20(14)12-4-2-1-3-5-12/h1-8,10H,9,11H2. The summed E-state index contributed by atoms with van der Waals surface area (Å²) in [7, 11) is 0. The zero-order chi connectivity index (χ0) is 14.7. The Hall–Kier alpha value is -2.76. The summed E-state index contributed by atoms with van der Waals surface area (Å²) in [5, 5.41) is 8.47. The van der Waals surface area contributed by atoms with E-state index in [1.165, 1.54) is 6.07 Å². The Bertz CT molecular complexity index is 795. The Labute approximate surface area is 120 Å². The van der Waals surface area contributed by atoms with Crippen molar-refractivity contribution >= 4 is 0 Å². The van der Waals surface area contributed by atoms with Gasteiger partial charge < -0.3 is 0 Å². The summed E-state index contributed by atoms with van der Waals surface area (Å²) >= 11 is 0. The summed E-state index contributed by atoms with van der Waals surface area (Å²) in [6, 6.07) is 14.4. The van der Waals surface area contributed by atoms with E-state index in [4.69, 9.17) is 0 Å². The lowest BCUT2D eigenvalue weighted by molar-refractivity contribution is 0.418. The van der Waals surface area contributed by atoms with Crippen molar-refractivity contribution in [3.63, 3.8) is 0 Å². The summed E-state index contributed by atoms with van der Waals surface area (Å²) in [6.45, 7) is -0.680. The lowest BCUT2D eigenvalue weighted by atomic mass is 10.2. The fourth-order valence-corrected chi connectivity index (χ4v) is 2.10. The molecule has 0 amide bonds. The van der Waals surface area contributed by atoms with E-state index < -0.39 is 6.67 Å². The van der Waals surface area contributed by atoms with Crippen LogP contribution in [0.15, 0.2) is 59.5 Å². The van der Waals surface area contributed by atoms with Gasteiger partial charge in [0.25, 0.3) is 5.56 Å². The third kappa shape index (κ3) is 2.60. The molecule has 0 unspecified atom stereocenters. The van der Waals surface area contributed by atoms with Crippen LogP contribution in [0.4, 0.5) is 4.39 Å². The van der Waals surface area contributed by atoms with Crippen LogP contribution in [0.3, 0.4) is 0 Å². The van der Waals surface area contributed by atoms with E-state index in [0.717, 1.165) is 16.1 Å². The van der Waals surface area contributed by atoms with Gasteiger partial charge >= 0.3 is 0 Å². The normalized spacial score (nSPS) is 10.7. The molecule has 2 heterocycles. The number of aromatic nitrogens is 4. The van der Waals surface area contributed by atoms with E-state index in [0.29, 0.717) is 5.69 Å². The number of halogens is 1. The number of nitrogens with zero attached hydrogens (tertiary/aromatic N) is 4. The molecule has 0 radical (unpaired) electrons. The van der Waals surface area contributed by atoms with E-state index in [1.807, 2.05) is 30.3 Å². The number of hydrogen-bond donors (Lipinski definition) is 0. The van der Waals surface area contributed by atoms with Crippen LogP contribution in [-0.2, 0) is 6.54 Å². The van der Waals surface area contributed by atoms with Crippen molar-refractivity contribution in [3.05, 3.63) is 65.1 Å². The van der Waals surface area contributed by atoms with Crippen molar-refractivity contribution in [2.75, 3.05) is 6.67 Å². The molecule has 6 heteroatoms. The summed E-state index contributed by atoms with van der Waals surface area (Å²) < 4.78 is 15.3. The Kier molecular flexibility index (Phi) is 3.59. The maximum absolute atomic E-state index is 12.5. The first-order chi connectivity index (χ1) is 10.3. The van der Waals surface area contributed by atoms with Gasteiger partial charge in [0, 0.05) is 6.07 Å². The molecule has 0 atom stereocenters. The van der Waals surface area contributed by atoms with Crippen LogP contribution in [0.2, 0.25) is 0 Å². The molecule has 0 aliphatic heterocycles. The van der Waals surface area contributed by atoms with Gasteiger partial charge in [0.1, 0.15) is 12.4 Å². The number of benzene rings is 1. The molecule has 0 saturated carbocycles. The smallest absolute Gasteiger partial charge is 0.266 e. The maximum atomic E-state index is 12.5. The Balaban J connectivity index is 2.08. The van der Waals surface area contributed by atoms with Crippen LogP contribution in [0.25, 0.3) is 17.1 Å². The van der Waals surface area contributed by atoms with Gasteiger partial charge in [-0.2, -0.15) is 10.2 Å². The minimum Gasteiger partial charge on any atom is -0.268 e. The van der Waals surface area contributed by atoms with Crippen LogP contribution < -0.4 is 5.56 Å². The highest BCUT2D eigenvalue weighted by molar-refractivity contribution is 5.56. The average Bonchev–Trinajstić information content (AvgIpc) is 3.00. The van der Waals surface area contributed by atoms with Gasteiger partial charge in [0.15, 0.2) is 0 Å². The molecule has 0 bridgehead atoms. The summed E-state index contributed by atoms with van der Waals surface area (Å²) in [5.74, 6) is 0. The fraction of sp³-hybridized carbons (Fsp3) is 0.133. The molecular weight excluding hydrogens is 271 g/mol. The topological polar surface area (TPSA) is 52.7 Å². The average molecular weight is 284 g/mol. The minimum absolute atomic E-state index is 0.0495. The highest BCUT2D eigenvalue weighted by Gasteiger charge is 2.10. The van der Waals surface area contributed by atoms with Gasteiger partial charge in [-0.3, -0.25) is 4.79 Å². The summed E-state index contributed by atoms with van der Waals surface area (Å²) in [6.07, 6.45) is 1.66. The number of alkyl halides is 1. The second-order valence-corrected chi connectivity index (χ2v) is 4.43. The molecule has 21 heavy (non-hydrogen) atoms. The van der Waals surface area contributed by atoms with Gasteiger partial charge in [0.05, 0.1) is 24.1 Å². The second-order valence-electron chi connectivity index (χ2n) is 4.43. The molecule has 0 spiro atoms. The zero-order valence-electron chi connectivity index (χ0n) is 11.2. The highest BCUT2D eigenvalue weighted by Crippen LogP contribution is 2.19. The van der Waals surface area contributed by atoms with Crippen molar-refractivity contribution in [2.45, 2.75) is 6.54 Å². The van der Waals surface area contributed by atoms with Crippen LogP contribution >= 0.6 is 0 Å². The third-order valence-electron chi connectivity index (χ3n) is 3.07. The molecule has 5 nitrogen and oxygen atoms in total. The van der Waals surface area contributed by atoms with E-state index in [9.17, 15) is 9.18 Å². The SMILES string of the molecule is O=c1ccc(-c2ccnn2-c2ccccc2)nn1CCF. The molecule has 0 aliphatic carbocycles. The first kappa shape index (κ1) is 13.2. The lowest BCUT2D eigenvalue weighted by Gasteiger charge is -2.08. The van der Waals surface area contributed by atoms with Gasteiger partial charge in [-0.25, -0.2) is 13.8 Å². The predicted molar refractivity (Wildman–Crippen MR) is 77.0 cm³/mol. The van der Waals surface area contributed by atoms with Crippen LogP contribution in [0.1, 0.15) is 0 Å². The molecule has 0 N–H and O–H groups in total. The predicted octanol–water partition coefficient (Wildman–Crippen LogP) is 2.07. The van der Waals surface area contributed by atoms with Crippen LogP contribution in [0.5, 0.6) is 0 Å². The summed E-state index contributed by atoms with van der Waals surface area (Å²) in [5.41, 5.74) is 1.89. The van der Waals surface area contributed by atoms with E-state index >= 15 is 0 Å². The van der Waals surface area contributed by atoms with Crippen molar-refractivity contribution in [1.29, 1.82) is 0 Å². The number of para-hydroxylation sites is 1. The second kappa shape index (κ2) is 5.70. The van der Waals surface area contributed by atoms with Crippen LogP contribution in [0, 0.1) is 0 Å². The van der Waals surface area contributed by atoms with E-state index in [2.05, 4.69) is 10.2 Å². The van der Waals surface area contributed by atoms with Crippen molar-refractivity contribution in [1.82, 2.24) is 19.6 Å². The van der Waals surface area contributed by atoms with E-state index in [-0.39, 0.29) is 12.1 Å². The molecule has 0 saturated heterocycles. The van der Waals surface area contributed by atoms with Gasteiger partial charge in [0.2, 0.25) is 0 Å². The number of rotatable bonds is 4. The first-order valence-electron chi connectivity index (χ1n) is 6.53. The van der Waals surface area contributed by atoms with Gasteiger partial charge in [-0.15, -0.1) is 0 Å². The molecule has 3 rings (SSSR count). The largest absolute Gasteiger partial charge is 0.268 e. The highest BCUT2D eigenvalue weighted by atomic mass is 19.1. The molecule has 0 aliphatic rings. The zero-order valence-corrected chi connectivity index (χ0v) is 11.2. The molecule has 3 aromatic rings. The number of hydrogen-bond acceptors (Lipinski definition) is 3. The third-order valence-corrected chi connectivity index (χ3v) is 3.07. The fourth-order valence-electron chi connectivity index (χ4n) is 2.10. The molecule has 1 aromatic carbocycles. The quantitative estimate of drug-likeness (QED) is 0.737. The van der Waals surface area contributed by atoms with Gasteiger partial charge in [-0.1, -0.05) is 18.2 Å². The van der Waals surface area contributed by atoms with Crippen molar-refractivity contribution < 1.29 is 4.39 Å². The first-order valence-corrected chi connectivity index (χ1v) is 6.53. The number of aryl methyl sites for hydroxylation is 1. The monoisotopic (exact) mass is 284 g/mol. The van der Waals surface area contributed by atoms with Crippen molar-refractivity contribution in [2.24, 2.45) is 0 Å². The van der Waals surface area contributed by atoms with Crippen LogP contribution in [-0.4, -0.2) is 26.2 Å². The Morgan fingerprint density at radius 2 is 1.86 bits per heavy atom. The van der Waals surface area contributed by atoms with E-state index in [1.54, 1.807) is 23.0 Å². The molecular formula is C15H13FN4O. The minimum atomic E-state index is -0.631. The lowest BCUT2D eigenvalue weighted by Crippen LogP contribution is -2.23. The van der Waals surface area contributed by atoms with Gasteiger partial charge in [-0.05, 0) is 24.3 Å². The Morgan fingerprint density at radius 3 is 2.62 bits per heavy atom. The maximum Gasteiger partial charge on any atom is 0.266 e. The van der Waals surface area contributed by atoms with Crippen molar-refractivity contribution in [3.8, 4) is 17.1 Å². The molecule has 106 valence electrons.